The van der Waals surface area contributed by atoms with Crippen molar-refractivity contribution in [2.75, 3.05) is 37.7 Å². The first-order chi connectivity index (χ1) is 13.3. The fourth-order valence-electron chi connectivity index (χ4n) is 4.37. The van der Waals surface area contributed by atoms with Gasteiger partial charge in [-0.1, -0.05) is 0 Å². The van der Waals surface area contributed by atoms with Gasteiger partial charge in [0.1, 0.15) is 0 Å². The summed E-state index contributed by atoms with van der Waals surface area (Å²) in [5, 5.41) is 0. The van der Waals surface area contributed by atoms with E-state index in [4.69, 9.17) is 0 Å². The number of hydrogen-bond donors (Lipinski definition) is 0. The summed E-state index contributed by atoms with van der Waals surface area (Å²) in [5.41, 5.74) is 2.71. The van der Waals surface area contributed by atoms with E-state index in [1.165, 1.54) is 4.31 Å². The van der Waals surface area contributed by atoms with Crippen LogP contribution in [0.5, 0.6) is 0 Å². The summed E-state index contributed by atoms with van der Waals surface area (Å²) in [5.74, 6) is -0.379. The molecule has 0 aliphatic carbocycles. The summed E-state index contributed by atoms with van der Waals surface area (Å²) in [4.78, 5) is 38.2. The molecule has 2 fully saturated rings. The second-order valence-electron chi connectivity index (χ2n) is 7.63. The van der Waals surface area contributed by atoms with E-state index in [1.807, 2.05) is 0 Å². The first-order valence-electron chi connectivity index (χ1n) is 9.28. The molecule has 0 saturated carbocycles. The van der Waals surface area contributed by atoms with E-state index in [0.29, 0.717) is 25.8 Å². The van der Waals surface area contributed by atoms with Crippen molar-refractivity contribution in [2.24, 2.45) is 5.92 Å². The number of amides is 3. The lowest BCUT2D eigenvalue weighted by Crippen LogP contribution is -2.54. The standard InChI is InChI=1S/C18H19N3O6S/c22-15-2-1-12-5-14(6-13-3-4-20(15)17(12)13)28(25,26)19-7-11(8-19)9-21-16(23)10-27-18(21)24/h5-6,11H,1-4,7-10H2. The summed E-state index contributed by atoms with van der Waals surface area (Å²) >= 11 is 0. The Bertz CT molecular complexity index is 998. The number of sulfonamides is 1. The van der Waals surface area contributed by atoms with Crippen molar-refractivity contribution in [1.29, 1.82) is 0 Å². The largest absolute Gasteiger partial charge is 0.439 e. The highest BCUT2D eigenvalue weighted by Gasteiger charge is 2.42. The molecule has 0 spiro atoms. The summed E-state index contributed by atoms with van der Waals surface area (Å²) in [6, 6.07) is 3.37. The number of ether oxygens (including phenoxy) is 1. The molecule has 4 aliphatic rings. The molecule has 5 rings (SSSR count). The van der Waals surface area contributed by atoms with Gasteiger partial charge in [0, 0.05) is 38.5 Å². The minimum atomic E-state index is -3.65. The number of imide groups is 1. The van der Waals surface area contributed by atoms with E-state index >= 15 is 0 Å². The van der Waals surface area contributed by atoms with Crippen molar-refractivity contribution in [3.63, 3.8) is 0 Å². The van der Waals surface area contributed by atoms with Crippen LogP contribution in [-0.2, 0) is 37.2 Å². The van der Waals surface area contributed by atoms with Gasteiger partial charge in [0.2, 0.25) is 15.9 Å². The maximum Gasteiger partial charge on any atom is 0.417 e. The molecule has 1 aromatic carbocycles. The van der Waals surface area contributed by atoms with Crippen LogP contribution < -0.4 is 4.90 Å². The van der Waals surface area contributed by atoms with Gasteiger partial charge >= 0.3 is 6.09 Å². The normalized spacial score (nSPS) is 22.5. The van der Waals surface area contributed by atoms with Crippen LogP contribution in [0.15, 0.2) is 17.0 Å². The van der Waals surface area contributed by atoms with E-state index in [1.54, 1.807) is 17.0 Å². The number of carbonyl (C=O) groups excluding carboxylic acids is 3. The highest BCUT2D eigenvalue weighted by Crippen LogP contribution is 2.39. The predicted molar refractivity (Wildman–Crippen MR) is 96.1 cm³/mol. The van der Waals surface area contributed by atoms with Gasteiger partial charge in [-0.25, -0.2) is 18.1 Å². The molecule has 9 nitrogen and oxygen atoms in total. The SMILES string of the molecule is O=C1COC(=O)N1CC1CN(S(=O)(=O)c2cc3c4c(c2)CCN4C(=O)CC3)C1. The van der Waals surface area contributed by atoms with Gasteiger partial charge in [-0.3, -0.25) is 9.59 Å². The zero-order chi connectivity index (χ0) is 19.6. The van der Waals surface area contributed by atoms with Crippen LogP contribution >= 0.6 is 0 Å². The Morgan fingerprint density at radius 2 is 1.71 bits per heavy atom. The van der Waals surface area contributed by atoms with Crippen LogP contribution in [0.3, 0.4) is 0 Å². The number of rotatable bonds is 4. The molecule has 28 heavy (non-hydrogen) atoms. The summed E-state index contributed by atoms with van der Waals surface area (Å²) in [7, 11) is -3.65. The Kier molecular flexibility index (Phi) is 3.79. The smallest absolute Gasteiger partial charge is 0.417 e. The molecule has 4 heterocycles. The molecule has 0 radical (unpaired) electrons. The van der Waals surface area contributed by atoms with Crippen molar-refractivity contribution < 1.29 is 27.5 Å². The highest BCUT2D eigenvalue weighted by atomic mass is 32.2. The fraction of sp³-hybridized carbons (Fsp3) is 0.500. The van der Waals surface area contributed by atoms with E-state index in [0.717, 1.165) is 21.7 Å². The number of hydrogen-bond acceptors (Lipinski definition) is 6. The van der Waals surface area contributed by atoms with Gasteiger partial charge in [-0.15, -0.1) is 0 Å². The molecule has 0 N–H and O–H groups in total. The minimum Gasteiger partial charge on any atom is -0.439 e. The molecule has 0 unspecified atom stereocenters. The molecular formula is C18H19N3O6S. The van der Waals surface area contributed by atoms with Crippen molar-refractivity contribution in [1.82, 2.24) is 9.21 Å². The predicted octanol–water partition coefficient (Wildman–Crippen LogP) is 0.121. The van der Waals surface area contributed by atoms with Crippen LogP contribution in [-0.4, -0.2) is 68.3 Å². The molecule has 10 heteroatoms. The van der Waals surface area contributed by atoms with E-state index in [2.05, 4.69) is 4.74 Å². The van der Waals surface area contributed by atoms with Gasteiger partial charge in [-0.05, 0) is 36.1 Å². The molecule has 2 saturated heterocycles. The van der Waals surface area contributed by atoms with E-state index in [-0.39, 0.29) is 48.9 Å². The zero-order valence-corrected chi connectivity index (χ0v) is 15.9. The van der Waals surface area contributed by atoms with Gasteiger partial charge in [0.25, 0.3) is 5.91 Å². The Balaban J connectivity index is 1.33. The number of benzene rings is 1. The van der Waals surface area contributed by atoms with Crippen LogP contribution in [0.25, 0.3) is 0 Å². The fourth-order valence-corrected chi connectivity index (χ4v) is 6.07. The van der Waals surface area contributed by atoms with Gasteiger partial charge in [0.15, 0.2) is 6.61 Å². The molecule has 1 aromatic rings. The molecule has 3 amide bonds. The van der Waals surface area contributed by atoms with Gasteiger partial charge < -0.3 is 9.64 Å². The van der Waals surface area contributed by atoms with Crippen LogP contribution in [0.1, 0.15) is 17.5 Å². The highest BCUT2D eigenvalue weighted by molar-refractivity contribution is 7.89. The molecule has 0 atom stereocenters. The maximum atomic E-state index is 13.0. The number of anilines is 1. The lowest BCUT2D eigenvalue weighted by Gasteiger charge is -2.39. The Hall–Kier alpha value is -2.46. The Labute approximate surface area is 161 Å². The summed E-state index contributed by atoms with van der Waals surface area (Å²) in [6.07, 6.45) is 0.965. The number of carbonyl (C=O) groups is 3. The van der Waals surface area contributed by atoms with Gasteiger partial charge in [-0.2, -0.15) is 4.31 Å². The summed E-state index contributed by atoms with van der Waals surface area (Å²) in [6.45, 7) is 1.06. The van der Waals surface area contributed by atoms with Crippen LogP contribution in [0.4, 0.5) is 10.5 Å². The molecule has 148 valence electrons. The summed E-state index contributed by atoms with van der Waals surface area (Å²) < 4.78 is 32.1. The molecular weight excluding hydrogens is 386 g/mol. The third kappa shape index (κ3) is 2.55. The van der Waals surface area contributed by atoms with Crippen LogP contribution in [0, 0.1) is 5.92 Å². The van der Waals surface area contributed by atoms with E-state index < -0.39 is 16.1 Å². The monoisotopic (exact) mass is 405 g/mol. The number of aryl methyl sites for hydroxylation is 1. The Morgan fingerprint density at radius 1 is 1.00 bits per heavy atom. The third-order valence-corrected chi connectivity index (χ3v) is 7.68. The second kappa shape index (κ2) is 6.02. The van der Waals surface area contributed by atoms with Crippen molar-refractivity contribution in [2.45, 2.75) is 24.2 Å². The minimum absolute atomic E-state index is 0.0923. The third-order valence-electron chi connectivity index (χ3n) is 5.87. The zero-order valence-electron chi connectivity index (χ0n) is 15.1. The average molecular weight is 405 g/mol. The Morgan fingerprint density at radius 3 is 2.39 bits per heavy atom. The maximum absolute atomic E-state index is 13.0. The van der Waals surface area contributed by atoms with Crippen LogP contribution in [0.2, 0.25) is 0 Å². The average Bonchev–Trinajstić information content (AvgIpc) is 3.19. The quantitative estimate of drug-likeness (QED) is 0.705. The lowest BCUT2D eigenvalue weighted by atomic mass is 10.00. The topological polar surface area (TPSA) is 104 Å². The van der Waals surface area contributed by atoms with Crippen molar-refractivity contribution >= 4 is 33.6 Å². The first kappa shape index (κ1) is 17.6. The second-order valence-corrected chi connectivity index (χ2v) is 9.57. The molecule has 0 aromatic heterocycles. The molecule has 4 aliphatic heterocycles. The molecule has 0 bridgehead atoms. The van der Waals surface area contributed by atoms with Crippen molar-refractivity contribution in [3.05, 3.63) is 23.3 Å². The number of cyclic esters (lactones) is 1. The first-order valence-corrected chi connectivity index (χ1v) is 10.7. The van der Waals surface area contributed by atoms with Gasteiger partial charge in [0.05, 0.1) is 10.6 Å². The van der Waals surface area contributed by atoms with Crippen molar-refractivity contribution in [3.8, 4) is 0 Å². The number of nitrogens with zero attached hydrogens (tertiary/aromatic N) is 3. The lowest BCUT2D eigenvalue weighted by molar-refractivity contribution is -0.126. The van der Waals surface area contributed by atoms with E-state index in [9.17, 15) is 22.8 Å².